The highest BCUT2D eigenvalue weighted by Crippen LogP contribution is 2.32. The minimum absolute atomic E-state index is 0.0202. The van der Waals surface area contributed by atoms with E-state index < -0.39 is 5.91 Å². The van der Waals surface area contributed by atoms with Gasteiger partial charge in [-0.2, -0.15) is 5.26 Å². The van der Waals surface area contributed by atoms with E-state index in [1.165, 1.54) is 6.08 Å². The average molecular weight is 389 g/mol. The van der Waals surface area contributed by atoms with Gasteiger partial charge in [-0.05, 0) is 43.2 Å². The molecule has 0 aliphatic rings. The monoisotopic (exact) mass is 389 g/mol. The van der Waals surface area contributed by atoms with Gasteiger partial charge in [0.25, 0.3) is 5.91 Å². The smallest absolute Gasteiger partial charge is 0.261 e. The van der Waals surface area contributed by atoms with Crippen LogP contribution in [0.1, 0.15) is 16.7 Å². The number of rotatable bonds is 7. The number of amides is 1. The van der Waals surface area contributed by atoms with Crippen LogP contribution in [0.3, 0.4) is 0 Å². The second-order valence-corrected chi connectivity index (χ2v) is 6.55. The molecule has 0 aliphatic carbocycles. The molecule has 0 spiro atoms. The van der Waals surface area contributed by atoms with Crippen LogP contribution < -0.4 is 14.8 Å². The summed E-state index contributed by atoms with van der Waals surface area (Å²) in [5.41, 5.74) is 3.66. The third kappa shape index (κ3) is 4.25. The molecule has 3 aromatic rings. The Bertz CT molecular complexity index is 1110. The zero-order chi connectivity index (χ0) is 20.8. The van der Waals surface area contributed by atoms with E-state index in [2.05, 4.69) is 10.3 Å². The highest BCUT2D eigenvalue weighted by molar-refractivity contribution is 6.02. The summed E-state index contributed by atoms with van der Waals surface area (Å²) in [6.07, 6.45) is 4.15. The summed E-state index contributed by atoms with van der Waals surface area (Å²) >= 11 is 0. The van der Waals surface area contributed by atoms with E-state index in [1.54, 1.807) is 26.4 Å². The lowest BCUT2D eigenvalue weighted by atomic mass is 10.1. The van der Waals surface area contributed by atoms with E-state index in [0.717, 1.165) is 22.0 Å². The predicted molar refractivity (Wildman–Crippen MR) is 113 cm³/mol. The number of H-pyrrole nitrogens is 1. The molecule has 0 radical (unpaired) electrons. The third-order valence-electron chi connectivity index (χ3n) is 4.83. The number of nitrogens with zero attached hydrogens (tertiary/aromatic N) is 1. The van der Waals surface area contributed by atoms with Gasteiger partial charge in [0, 0.05) is 34.8 Å². The Labute approximate surface area is 169 Å². The van der Waals surface area contributed by atoms with Gasteiger partial charge in [0.2, 0.25) is 0 Å². The third-order valence-corrected chi connectivity index (χ3v) is 4.83. The molecule has 6 heteroatoms. The molecule has 2 N–H and O–H groups in total. The van der Waals surface area contributed by atoms with Crippen molar-refractivity contribution in [3.8, 4) is 17.6 Å². The molecule has 0 aliphatic heterocycles. The fraction of sp³-hybridized carbons (Fsp3) is 0.217. The second-order valence-electron chi connectivity index (χ2n) is 6.55. The standard InChI is InChI=1S/C23H23N3O3/c1-15-21(28-2)9-8-16(22(15)29-3)12-18(13-24)23(27)25-11-10-17-14-26-20-7-5-4-6-19(17)20/h4-9,12,14,26H,10-11H2,1-3H3,(H,25,27)/b18-12+. The number of hydrogen-bond acceptors (Lipinski definition) is 4. The molecule has 0 atom stereocenters. The van der Waals surface area contributed by atoms with Gasteiger partial charge in [0.1, 0.15) is 23.1 Å². The summed E-state index contributed by atoms with van der Waals surface area (Å²) in [6, 6.07) is 13.5. The Morgan fingerprint density at radius 2 is 2.00 bits per heavy atom. The number of nitriles is 1. The number of aromatic nitrogens is 1. The molecule has 0 saturated carbocycles. The first-order valence-corrected chi connectivity index (χ1v) is 9.25. The fourth-order valence-corrected chi connectivity index (χ4v) is 3.35. The number of methoxy groups -OCH3 is 2. The van der Waals surface area contributed by atoms with Gasteiger partial charge >= 0.3 is 0 Å². The van der Waals surface area contributed by atoms with Gasteiger partial charge in [-0.15, -0.1) is 0 Å². The Kier molecular flexibility index (Phi) is 6.20. The molecule has 0 fully saturated rings. The number of ether oxygens (including phenoxy) is 2. The molecule has 1 aromatic heterocycles. The van der Waals surface area contributed by atoms with Gasteiger partial charge < -0.3 is 19.8 Å². The maximum absolute atomic E-state index is 12.5. The minimum Gasteiger partial charge on any atom is -0.496 e. The van der Waals surface area contributed by atoms with Crippen LogP contribution in [-0.4, -0.2) is 31.7 Å². The highest BCUT2D eigenvalue weighted by atomic mass is 16.5. The van der Waals surface area contributed by atoms with Crippen LogP contribution in [0.4, 0.5) is 0 Å². The van der Waals surface area contributed by atoms with Crippen molar-refractivity contribution in [3.63, 3.8) is 0 Å². The molecule has 0 unspecified atom stereocenters. The van der Waals surface area contributed by atoms with Crippen LogP contribution in [0.15, 0.2) is 48.2 Å². The number of aromatic amines is 1. The van der Waals surface area contributed by atoms with Gasteiger partial charge in [-0.3, -0.25) is 4.79 Å². The second kappa shape index (κ2) is 8.98. The maximum atomic E-state index is 12.5. The maximum Gasteiger partial charge on any atom is 0.261 e. The quantitative estimate of drug-likeness (QED) is 0.476. The van der Waals surface area contributed by atoms with E-state index in [1.807, 2.05) is 43.5 Å². The summed E-state index contributed by atoms with van der Waals surface area (Å²) in [6.45, 7) is 2.29. The number of para-hydroxylation sites is 1. The van der Waals surface area contributed by atoms with Crippen molar-refractivity contribution in [2.75, 3.05) is 20.8 Å². The summed E-state index contributed by atoms with van der Waals surface area (Å²) in [7, 11) is 3.13. The summed E-state index contributed by atoms with van der Waals surface area (Å²) in [5, 5.41) is 13.4. The van der Waals surface area contributed by atoms with Crippen molar-refractivity contribution in [2.45, 2.75) is 13.3 Å². The number of fused-ring (bicyclic) bond motifs is 1. The van der Waals surface area contributed by atoms with Gasteiger partial charge in [0.15, 0.2) is 0 Å². The molecule has 1 heterocycles. The van der Waals surface area contributed by atoms with Crippen LogP contribution in [0.5, 0.6) is 11.5 Å². The Morgan fingerprint density at radius 1 is 1.21 bits per heavy atom. The first kappa shape index (κ1) is 20.0. The molecule has 0 saturated heterocycles. The molecule has 148 valence electrons. The van der Waals surface area contributed by atoms with E-state index in [0.29, 0.717) is 30.0 Å². The summed E-state index contributed by atoms with van der Waals surface area (Å²) in [4.78, 5) is 15.7. The predicted octanol–water partition coefficient (Wildman–Crippen LogP) is 3.76. The Balaban J connectivity index is 1.72. The van der Waals surface area contributed by atoms with Crippen molar-refractivity contribution in [1.82, 2.24) is 10.3 Å². The van der Waals surface area contributed by atoms with Crippen LogP contribution in [0.2, 0.25) is 0 Å². The lowest BCUT2D eigenvalue weighted by Crippen LogP contribution is -2.26. The largest absolute Gasteiger partial charge is 0.496 e. The fourth-order valence-electron chi connectivity index (χ4n) is 3.35. The van der Waals surface area contributed by atoms with Crippen LogP contribution in [-0.2, 0) is 11.2 Å². The van der Waals surface area contributed by atoms with Crippen molar-refractivity contribution < 1.29 is 14.3 Å². The minimum atomic E-state index is -0.414. The zero-order valence-corrected chi connectivity index (χ0v) is 16.7. The molecule has 29 heavy (non-hydrogen) atoms. The van der Waals surface area contributed by atoms with Crippen molar-refractivity contribution in [3.05, 3.63) is 64.9 Å². The Hall–Kier alpha value is -3.72. The number of nitrogens with one attached hydrogen (secondary N) is 2. The molecular formula is C23H23N3O3. The van der Waals surface area contributed by atoms with Gasteiger partial charge in [-0.25, -0.2) is 0 Å². The highest BCUT2D eigenvalue weighted by Gasteiger charge is 2.14. The molecule has 2 aromatic carbocycles. The van der Waals surface area contributed by atoms with Gasteiger partial charge in [-0.1, -0.05) is 18.2 Å². The van der Waals surface area contributed by atoms with Crippen molar-refractivity contribution >= 4 is 22.9 Å². The number of carbonyl (C=O) groups is 1. The van der Waals surface area contributed by atoms with E-state index in [-0.39, 0.29) is 5.57 Å². The lowest BCUT2D eigenvalue weighted by Gasteiger charge is -2.12. The SMILES string of the molecule is COc1ccc(/C=C(\C#N)C(=O)NCCc2c[nH]c3ccccc23)c(OC)c1C. The first-order chi connectivity index (χ1) is 14.1. The first-order valence-electron chi connectivity index (χ1n) is 9.25. The number of benzene rings is 2. The number of carbonyl (C=O) groups excluding carboxylic acids is 1. The Morgan fingerprint density at radius 3 is 2.72 bits per heavy atom. The van der Waals surface area contributed by atoms with Crippen LogP contribution >= 0.6 is 0 Å². The zero-order valence-electron chi connectivity index (χ0n) is 16.7. The van der Waals surface area contributed by atoms with E-state index in [4.69, 9.17) is 9.47 Å². The molecule has 6 nitrogen and oxygen atoms in total. The molecule has 0 bridgehead atoms. The van der Waals surface area contributed by atoms with Crippen molar-refractivity contribution in [2.24, 2.45) is 0 Å². The summed E-state index contributed by atoms with van der Waals surface area (Å²) in [5.74, 6) is 0.840. The molecular weight excluding hydrogens is 366 g/mol. The number of hydrogen-bond donors (Lipinski definition) is 2. The van der Waals surface area contributed by atoms with E-state index in [9.17, 15) is 10.1 Å². The van der Waals surface area contributed by atoms with E-state index >= 15 is 0 Å². The van der Waals surface area contributed by atoms with Gasteiger partial charge in [0.05, 0.1) is 14.2 Å². The van der Waals surface area contributed by atoms with Crippen molar-refractivity contribution in [1.29, 1.82) is 5.26 Å². The topological polar surface area (TPSA) is 87.1 Å². The summed E-state index contributed by atoms with van der Waals surface area (Å²) < 4.78 is 10.7. The average Bonchev–Trinajstić information content (AvgIpc) is 3.15. The molecule has 3 rings (SSSR count). The molecule has 1 amide bonds. The normalized spacial score (nSPS) is 11.2. The van der Waals surface area contributed by atoms with Crippen LogP contribution in [0.25, 0.3) is 17.0 Å². The lowest BCUT2D eigenvalue weighted by molar-refractivity contribution is -0.117. The van der Waals surface area contributed by atoms with Crippen LogP contribution in [0, 0.1) is 18.3 Å².